The quantitative estimate of drug-likeness (QED) is 0.698. The van der Waals surface area contributed by atoms with Crippen LogP contribution in [0.4, 0.5) is 4.79 Å². The van der Waals surface area contributed by atoms with Crippen molar-refractivity contribution in [3.05, 3.63) is 47.7 Å². The van der Waals surface area contributed by atoms with E-state index in [1.54, 1.807) is 6.20 Å². The number of benzene rings is 1. The zero-order valence-corrected chi connectivity index (χ0v) is 20.1. The van der Waals surface area contributed by atoms with Crippen LogP contribution in [-0.4, -0.2) is 47.8 Å². The van der Waals surface area contributed by atoms with Crippen molar-refractivity contribution >= 4 is 6.09 Å². The first-order valence-electron chi connectivity index (χ1n) is 12.2. The summed E-state index contributed by atoms with van der Waals surface area (Å²) in [5.41, 5.74) is 4.59. The summed E-state index contributed by atoms with van der Waals surface area (Å²) < 4.78 is 11.7. The van der Waals surface area contributed by atoms with Crippen molar-refractivity contribution in [2.45, 2.75) is 65.2 Å². The molecule has 3 saturated heterocycles. The minimum atomic E-state index is -0.284. The molecule has 2 atom stereocenters. The molecule has 33 heavy (non-hydrogen) atoms. The molecule has 176 valence electrons. The third-order valence-corrected chi connectivity index (χ3v) is 7.42. The Balaban J connectivity index is 1.32. The molecule has 0 saturated carbocycles. The number of alkyl carbamates (subject to hydrolysis) is 1. The average molecular weight is 450 g/mol. The Labute approximate surface area is 196 Å². The van der Waals surface area contributed by atoms with Crippen LogP contribution >= 0.6 is 0 Å². The van der Waals surface area contributed by atoms with Crippen LogP contribution in [0, 0.1) is 11.3 Å². The van der Waals surface area contributed by atoms with Crippen molar-refractivity contribution in [3.63, 3.8) is 0 Å². The van der Waals surface area contributed by atoms with E-state index in [0.29, 0.717) is 11.8 Å². The number of carbonyl (C=O) groups is 1. The van der Waals surface area contributed by atoms with Crippen LogP contribution in [0.2, 0.25) is 0 Å². The molecule has 4 heterocycles. The largest absolute Gasteiger partial charge is 0.475 e. The van der Waals surface area contributed by atoms with Crippen LogP contribution in [0.15, 0.2) is 36.5 Å². The SMILES string of the molecule is CC(C)Oc1cc(-c2ccc3c(c2)CC(C)(C)C3NC(=O)O[C@@H]2CN3CCC2CC3)ccn1. The van der Waals surface area contributed by atoms with Gasteiger partial charge in [0.1, 0.15) is 6.10 Å². The Bertz CT molecular complexity index is 1030. The molecule has 2 bridgehead atoms. The summed E-state index contributed by atoms with van der Waals surface area (Å²) >= 11 is 0. The van der Waals surface area contributed by atoms with Crippen LogP contribution in [-0.2, 0) is 11.2 Å². The summed E-state index contributed by atoms with van der Waals surface area (Å²) in [4.78, 5) is 19.6. The molecule has 6 heteroatoms. The Hall–Kier alpha value is -2.60. The number of fused-ring (bicyclic) bond motifs is 4. The average Bonchev–Trinajstić information content (AvgIpc) is 3.03. The molecule has 3 aliphatic heterocycles. The van der Waals surface area contributed by atoms with Gasteiger partial charge in [0, 0.05) is 18.8 Å². The van der Waals surface area contributed by atoms with Gasteiger partial charge in [-0.25, -0.2) is 9.78 Å². The van der Waals surface area contributed by atoms with E-state index in [9.17, 15) is 4.79 Å². The third kappa shape index (κ3) is 4.58. The second-order valence-electron chi connectivity index (χ2n) is 10.8. The highest BCUT2D eigenvalue weighted by Crippen LogP contribution is 2.46. The fourth-order valence-electron chi connectivity index (χ4n) is 5.74. The number of nitrogens with zero attached hydrogens (tertiary/aromatic N) is 2. The van der Waals surface area contributed by atoms with Crippen LogP contribution in [0.5, 0.6) is 5.88 Å². The summed E-state index contributed by atoms with van der Waals surface area (Å²) in [6.07, 6.45) is 4.79. The topological polar surface area (TPSA) is 63.7 Å². The van der Waals surface area contributed by atoms with Crippen molar-refractivity contribution in [3.8, 4) is 17.0 Å². The van der Waals surface area contributed by atoms with Gasteiger partial charge in [0.15, 0.2) is 0 Å². The van der Waals surface area contributed by atoms with Crippen LogP contribution in [0.3, 0.4) is 0 Å². The number of pyridine rings is 1. The molecule has 1 N–H and O–H groups in total. The third-order valence-electron chi connectivity index (χ3n) is 7.42. The van der Waals surface area contributed by atoms with Crippen LogP contribution < -0.4 is 10.1 Å². The molecule has 1 aliphatic carbocycles. The van der Waals surface area contributed by atoms with Gasteiger partial charge in [0.05, 0.1) is 12.1 Å². The van der Waals surface area contributed by atoms with Gasteiger partial charge in [-0.2, -0.15) is 0 Å². The minimum absolute atomic E-state index is 0.0211. The van der Waals surface area contributed by atoms with Gasteiger partial charge in [-0.15, -0.1) is 0 Å². The number of carbonyl (C=O) groups excluding carboxylic acids is 1. The Kier molecular flexibility index (Phi) is 5.81. The van der Waals surface area contributed by atoms with Gasteiger partial charge < -0.3 is 14.8 Å². The predicted octanol–water partition coefficient (Wildman–Crippen LogP) is 4.98. The minimum Gasteiger partial charge on any atom is -0.475 e. The first-order chi connectivity index (χ1) is 15.8. The van der Waals surface area contributed by atoms with Gasteiger partial charge in [-0.3, -0.25) is 4.90 Å². The van der Waals surface area contributed by atoms with Crippen LogP contribution in [0.1, 0.15) is 57.7 Å². The molecule has 4 aliphatic rings. The fraction of sp³-hybridized carbons (Fsp3) is 0.556. The first-order valence-corrected chi connectivity index (χ1v) is 12.2. The normalized spacial score (nSPS) is 27.3. The van der Waals surface area contributed by atoms with E-state index in [-0.39, 0.29) is 29.8 Å². The molecule has 1 aromatic carbocycles. The maximum absolute atomic E-state index is 12.9. The van der Waals surface area contributed by atoms with E-state index in [4.69, 9.17) is 9.47 Å². The number of amides is 1. The van der Waals surface area contributed by atoms with E-state index in [2.05, 4.69) is 47.2 Å². The summed E-state index contributed by atoms with van der Waals surface area (Å²) in [7, 11) is 0. The van der Waals surface area contributed by atoms with E-state index in [1.807, 2.05) is 26.0 Å². The molecule has 1 unspecified atom stereocenters. The monoisotopic (exact) mass is 449 g/mol. The first kappa shape index (κ1) is 22.2. The molecule has 6 rings (SSSR count). The van der Waals surface area contributed by atoms with Crippen molar-refractivity contribution in [2.75, 3.05) is 19.6 Å². The summed E-state index contributed by atoms with van der Waals surface area (Å²) in [6, 6.07) is 10.5. The van der Waals surface area contributed by atoms with Gasteiger partial charge in [-0.05, 0) is 85.9 Å². The van der Waals surface area contributed by atoms with Crippen molar-refractivity contribution < 1.29 is 14.3 Å². The molecule has 3 fully saturated rings. The van der Waals surface area contributed by atoms with Crippen molar-refractivity contribution in [1.29, 1.82) is 0 Å². The summed E-state index contributed by atoms with van der Waals surface area (Å²) in [5.74, 6) is 1.15. The molecular formula is C27H35N3O3. The number of aromatic nitrogens is 1. The second kappa shape index (κ2) is 8.64. The lowest BCUT2D eigenvalue weighted by Crippen LogP contribution is -2.53. The van der Waals surface area contributed by atoms with E-state index in [0.717, 1.165) is 50.0 Å². The Morgan fingerprint density at radius 2 is 1.91 bits per heavy atom. The molecule has 1 amide bonds. The van der Waals surface area contributed by atoms with E-state index < -0.39 is 0 Å². The summed E-state index contributed by atoms with van der Waals surface area (Å²) in [6.45, 7) is 11.6. The zero-order valence-electron chi connectivity index (χ0n) is 20.1. The molecule has 0 radical (unpaired) electrons. The maximum Gasteiger partial charge on any atom is 0.407 e. The molecular weight excluding hydrogens is 414 g/mol. The van der Waals surface area contributed by atoms with Gasteiger partial charge >= 0.3 is 6.09 Å². The molecule has 0 spiro atoms. The molecule has 6 nitrogen and oxygen atoms in total. The summed E-state index contributed by atoms with van der Waals surface area (Å²) in [5, 5.41) is 3.21. The highest BCUT2D eigenvalue weighted by atomic mass is 16.6. The predicted molar refractivity (Wildman–Crippen MR) is 128 cm³/mol. The highest BCUT2D eigenvalue weighted by Gasteiger charge is 2.42. The van der Waals surface area contributed by atoms with Gasteiger partial charge in [0.2, 0.25) is 5.88 Å². The Morgan fingerprint density at radius 3 is 2.61 bits per heavy atom. The number of hydrogen-bond donors (Lipinski definition) is 1. The number of nitrogens with one attached hydrogen (secondary N) is 1. The number of rotatable bonds is 5. The smallest absolute Gasteiger partial charge is 0.407 e. The number of ether oxygens (including phenoxy) is 2. The molecule has 2 aromatic rings. The van der Waals surface area contributed by atoms with Crippen molar-refractivity contribution in [2.24, 2.45) is 11.3 Å². The lowest BCUT2D eigenvalue weighted by Gasteiger charge is -2.44. The lowest BCUT2D eigenvalue weighted by molar-refractivity contribution is -0.0348. The number of hydrogen-bond acceptors (Lipinski definition) is 5. The standard InChI is InChI=1S/C27H35N3O3/c1-17(2)32-24-14-20(7-10-28-24)19-5-6-22-21(13-19)15-27(3,4)25(22)29-26(31)33-23-16-30-11-8-18(23)9-12-30/h5-7,10,13-14,17-18,23,25H,8-9,11-12,15-16H2,1-4H3,(H,29,31)/t23-,25?/m1/s1. The zero-order chi connectivity index (χ0) is 23.2. The number of piperidine rings is 3. The maximum atomic E-state index is 12.9. The lowest BCUT2D eigenvalue weighted by atomic mass is 9.85. The van der Waals surface area contributed by atoms with E-state index >= 15 is 0 Å². The second-order valence-corrected chi connectivity index (χ2v) is 10.8. The fourth-order valence-corrected chi connectivity index (χ4v) is 5.74. The van der Waals surface area contributed by atoms with Crippen molar-refractivity contribution in [1.82, 2.24) is 15.2 Å². The van der Waals surface area contributed by atoms with E-state index in [1.165, 1.54) is 11.1 Å². The van der Waals surface area contributed by atoms with Gasteiger partial charge in [0.25, 0.3) is 0 Å². The van der Waals surface area contributed by atoms with Crippen LogP contribution in [0.25, 0.3) is 11.1 Å². The molecule has 1 aromatic heterocycles. The van der Waals surface area contributed by atoms with Gasteiger partial charge in [-0.1, -0.05) is 32.0 Å². The highest BCUT2D eigenvalue weighted by molar-refractivity contribution is 5.70. The Morgan fingerprint density at radius 1 is 1.15 bits per heavy atom.